The van der Waals surface area contributed by atoms with Crippen LogP contribution in [-0.4, -0.2) is 16.5 Å². The van der Waals surface area contributed by atoms with E-state index >= 15 is 0 Å². The first kappa shape index (κ1) is 15.1. The number of nitrogens with one attached hydrogen (secondary N) is 1. The second-order valence-electron chi connectivity index (χ2n) is 4.20. The highest BCUT2D eigenvalue weighted by molar-refractivity contribution is 9.10. The van der Waals surface area contributed by atoms with Crippen molar-refractivity contribution in [2.75, 3.05) is 11.9 Å². The van der Waals surface area contributed by atoms with Gasteiger partial charge < -0.3 is 10.1 Å². The van der Waals surface area contributed by atoms with Crippen LogP contribution in [0.25, 0.3) is 0 Å². The summed E-state index contributed by atoms with van der Waals surface area (Å²) in [6.07, 6.45) is 0. The molecule has 0 aliphatic carbocycles. The molecular weight excluding hydrogens is 342 g/mol. The summed E-state index contributed by atoms with van der Waals surface area (Å²) >= 11 is 9.46. The SMILES string of the molecule is CCNc1cc(C)nc(COc2cc(Br)ccc2Cl)n1. The molecule has 0 aliphatic heterocycles. The largest absolute Gasteiger partial charge is 0.484 e. The van der Waals surface area contributed by atoms with E-state index in [4.69, 9.17) is 16.3 Å². The molecule has 0 radical (unpaired) electrons. The Morgan fingerprint density at radius 1 is 1.30 bits per heavy atom. The number of aryl methyl sites for hydroxylation is 1. The Bertz CT molecular complexity index is 607. The van der Waals surface area contributed by atoms with Gasteiger partial charge in [0.15, 0.2) is 5.82 Å². The molecule has 0 fully saturated rings. The molecule has 20 heavy (non-hydrogen) atoms. The van der Waals surface area contributed by atoms with Crippen LogP contribution in [0.3, 0.4) is 0 Å². The van der Waals surface area contributed by atoms with Crippen LogP contribution in [0, 0.1) is 6.92 Å². The molecule has 0 bridgehead atoms. The fourth-order valence-electron chi connectivity index (χ4n) is 1.70. The summed E-state index contributed by atoms with van der Waals surface area (Å²) in [5.74, 6) is 2.03. The minimum Gasteiger partial charge on any atom is -0.484 e. The van der Waals surface area contributed by atoms with Crippen LogP contribution in [0.15, 0.2) is 28.7 Å². The van der Waals surface area contributed by atoms with E-state index in [0.717, 1.165) is 22.5 Å². The highest BCUT2D eigenvalue weighted by Gasteiger charge is 2.06. The van der Waals surface area contributed by atoms with Crippen LogP contribution in [0.5, 0.6) is 5.75 Å². The average Bonchev–Trinajstić information content (AvgIpc) is 2.40. The van der Waals surface area contributed by atoms with Crippen molar-refractivity contribution in [2.24, 2.45) is 0 Å². The lowest BCUT2D eigenvalue weighted by Gasteiger charge is -2.10. The second-order valence-corrected chi connectivity index (χ2v) is 5.53. The Balaban J connectivity index is 2.12. The molecular formula is C14H15BrClN3O. The lowest BCUT2D eigenvalue weighted by Crippen LogP contribution is -2.07. The third kappa shape index (κ3) is 4.08. The molecule has 6 heteroatoms. The highest BCUT2D eigenvalue weighted by atomic mass is 79.9. The molecule has 1 heterocycles. The molecule has 0 aliphatic rings. The summed E-state index contributed by atoms with van der Waals surface area (Å²) in [5, 5.41) is 3.73. The lowest BCUT2D eigenvalue weighted by molar-refractivity contribution is 0.295. The number of rotatable bonds is 5. The van der Waals surface area contributed by atoms with Gasteiger partial charge in [-0.1, -0.05) is 27.5 Å². The van der Waals surface area contributed by atoms with E-state index in [2.05, 4.69) is 31.2 Å². The van der Waals surface area contributed by atoms with Crippen molar-refractivity contribution in [3.05, 3.63) is 45.3 Å². The molecule has 0 spiro atoms. The van der Waals surface area contributed by atoms with Gasteiger partial charge in [0.1, 0.15) is 18.2 Å². The zero-order chi connectivity index (χ0) is 14.5. The summed E-state index contributed by atoms with van der Waals surface area (Å²) in [5.41, 5.74) is 0.898. The Morgan fingerprint density at radius 3 is 2.85 bits per heavy atom. The van der Waals surface area contributed by atoms with Crippen LogP contribution in [0.2, 0.25) is 5.02 Å². The van der Waals surface area contributed by atoms with Crippen molar-refractivity contribution in [3.63, 3.8) is 0 Å². The summed E-state index contributed by atoms with van der Waals surface area (Å²) < 4.78 is 6.59. The third-order valence-electron chi connectivity index (χ3n) is 2.51. The smallest absolute Gasteiger partial charge is 0.168 e. The van der Waals surface area contributed by atoms with Crippen LogP contribution < -0.4 is 10.1 Å². The Morgan fingerprint density at radius 2 is 2.10 bits per heavy atom. The van der Waals surface area contributed by atoms with E-state index < -0.39 is 0 Å². The number of hydrogen-bond donors (Lipinski definition) is 1. The number of aromatic nitrogens is 2. The number of ether oxygens (including phenoxy) is 1. The van der Waals surface area contributed by atoms with Crippen LogP contribution in [0.4, 0.5) is 5.82 Å². The monoisotopic (exact) mass is 355 g/mol. The van der Waals surface area contributed by atoms with Gasteiger partial charge in [-0.15, -0.1) is 0 Å². The predicted molar refractivity (Wildman–Crippen MR) is 84.4 cm³/mol. The standard InChI is InChI=1S/C14H15BrClN3O/c1-3-17-13-6-9(2)18-14(19-13)8-20-12-7-10(15)4-5-11(12)16/h4-7H,3,8H2,1-2H3,(H,17,18,19). The number of benzene rings is 1. The third-order valence-corrected chi connectivity index (χ3v) is 3.31. The fraction of sp³-hybridized carbons (Fsp3) is 0.286. The number of nitrogens with zero attached hydrogens (tertiary/aromatic N) is 2. The van der Waals surface area contributed by atoms with Crippen LogP contribution >= 0.6 is 27.5 Å². The summed E-state index contributed by atoms with van der Waals surface area (Å²) in [4.78, 5) is 8.74. The quantitative estimate of drug-likeness (QED) is 0.871. The van der Waals surface area contributed by atoms with Gasteiger partial charge in [-0.05, 0) is 32.0 Å². The van der Waals surface area contributed by atoms with Gasteiger partial charge in [-0.2, -0.15) is 0 Å². The van der Waals surface area contributed by atoms with Crippen molar-refractivity contribution >= 4 is 33.3 Å². The molecule has 1 aromatic heterocycles. The summed E-state index contributed by atoms with van der Waals surface area (Å²) in [6.45, 7) is 5.04. The van der Waals surface area contributed by atoms with Gasteiger partial charge in [0.2, 0.25) is 0 Å². The molecule has 0 atom stereocenters. The van der Waals surface area contributed by atoms with E-state index in [9.17, 15) is 0 Å². The second kappa shape index (κ2) is 6.90. The van der Waals surface area contributed by atoms with Crippen LogP contribution in [-0.2, 0) is 6.61 Å². The molecule has 0 saturated heterocycles. The van der Waals surface area contributed by atoms with Crippen molar-refractivity contribution in [1.29, 1.82) is 0 Å². The zero-order valence-corrected chi connectivity index (χ0v) is 13.6. The first-order chi connectivity index (χ1) is 9.58. The topological polar surface area (TPSA) is 47.0 Å². The predicted octanol–water partition coefficient (Wildman–Crippen LogP) is 4.21. The lowest BCUT2D eigenvalue weighted by atomic mass is 10.3. The maximum atomic E-state index is 6.08. The first-order valence-electron chi connectivity index (χ1n) is 6.24. The van der Waals surface area contributed by atoms with Gasteiger partial charge in [0, 0.05) is 22.8 Å². The van der Waals surface area contributed by atoms with Gasteiger partial charge in [0.05, 0.1) is 5.02 Å². The zero-order valence-electron chi connectivity index (χ0n) is 11.3. The molecule has 0 amide bonds. The molecule has 106 valence electrons. The Labute approximate surface area is 131 Å². The van der Waals surface area contributed by atoms with E-state index in [0.29, 0.717) is 16.6 Å². The minimum absolute atomic E-state index is 0.274. The average molecular weight is 357 g/mol. The van der Waals surface area contributed by atoms with Crippen molar-refractivity contribution in [1.82, 2.24) is 9.97 Å². The van der Waals surface area contributed by atoms with Gasteiger partial charge in [0.25, 0.3) is 0 Å². The molecule has 2 rings (SSSR count). The first-order valence-corrected chi connectivity index (χ1v) is 7.42. The van der Waals surface area contributed by atoms with E-state index in [1.54, 1.807) is 6.07 Å². The maximum absolute atomic E-state index is 6.08. The summed E-state index contributed by atoms with van der Waals surface area (Å²) in [6, 6.07) is 7.37. The van der Waals surface area contributed by atoms with Gasteiger partial charge in [-0.3, -0.25) is 0 Å². The molecule has 1 N–H and O–H groups in total. The minimum atomic E-state index is 0.274. The Hall–Kier alpha value is -1.33. The Kier molecular flexibility index (Phi) is 5.20. The van der Waals surface area contributed by atoms with Crippen molar-refractivity contribution in [3.8, 4) is 5.75 Å². The number of hydrogen-bond acceptors (Lipinski definition) is 4. The van der Waals surface area contributed by atoms with Crippen molar-refractivity contribution in [2.45, 2.75) is 20.5 Å². The van der Waals surface area contributed by atoms with E-state index in [1.807, 2.05) is 32.0 Å². The molecule has 0 saturated carbocycles. The molecule has 0 unspecified atom stereocenters. The normalized spacial score (nSPS) is 10.4. The van der Waals surface area contributed by atoms with Crippen LogP contribution in [0.1, 0.15) is 18.4 Å². The number of halogens is 2. The van der Waals surface area contributed by atoms with E-state index in [1.165, 1.54) is 0 Å². The van der Waals surface area contributed by atoms with E-state index in [-0.39, 0.29) is 6.61 Å². The number of anilines is 1. The fourth-order valence-corrected chi connectivity index (χ4v) is 2.21. The van der Waals surface area contributed by atoms with Crippen molar-refractivity contribution < 1.29 is 4.74 Å². The highest BCUT2D eigenvalue weighted by Crippen LogP contribution is 2.28. The summed E-state index contributed by atoms with van der Waals surface area (Å²) in [7, 11) is 0. The maximum Gasteiger partial charge on any atom is 0.168 e. The molecule has 2 aromatic rings. The van der Waals surface area contributed by atoms with Gasteiger partial charge in [-0.25, -0.2) is 9.97 Å². The van der Waals surface area contributed by atoms with Gasteiger partial charge >= 0.3 is 0 Å². The molecule has 4 nitrogen and oxygen atoms in total. The molecule has 1 aromatic carbocycles.